The molecule has 2 aromatic carbocycles. The van der Waals surface area contributed by atoms with Crippen LogP contribution in [0.3, 0.4) is 0 Å². The quantitative estimate of drug-likeness (QED) is 0.430. The zero-order chi connectivity index (χ0) is 21.8. The highest BCUT2D eigenvalue weighted by Gasteiger charge is 2.24. The molecule has 0 spiro atoms. The summed E-state index contributed by atoms with van der Waals surface area (Å²) in [4.78, 5) is 2.50. The van der Waals surface area contributed by atoms with E-state index < -0.39 is 10.0 Å². The molecule has 1 fully saturated rings. The molecule has 2 aromatic rings. The van der Waals surface area contributed by atoms with Crippen LogP contribution in [0.4, 0.5) is 0 Å². The molecule has 0 unspecified atom stereocenters. The Morgan fingerprint density at radius 3 is 2.52 bits per heavy atom. The molecule has 0 aromatic heterocycles. The number of primary sulfonamides is 1. The summed E-state index contributed by atoms with van der Waals surface area (Å²) in [5.74, 6) is 0.365. The summed E-state index contributed by atoms with van der Waals surface area (Å²) in [7, 11) is -3.93. The Morgan fingerprint density at radius 2 is 1.90 bits per heavy atom. The number of hydrazone groups is 1. The van der Waals surface area contributed by atoms with Crippen LogP contribution >= 0.6 is 0 Å². The topological polar surface area (TPSA) is 124 Å². The van der Waals surface area contributed by atoms with Crippen molar-refractivity contribution in [2.45, 2.75) is 37.2 Å². The second-order valence-corrected chi connectivity index (χ2v) is 9.36. The van der Waals surface area contributed by atoms with Crippen molar-refractivity contribution in [3.8, 4) is 11.1 Å². The van der Waals surface area contributed by atoms with Crippen molar-refractivity contribution in [3.63, 3.8) is 0 Å². The first kappa shape index (κ1) is 21.7. The normalized spacial score (nSPS) is 17.8. The highest BCUT2D eigenvalue weighted by molar-refractivity contribution is 7.89. The van der Waals surface area contributed by atoms with Gasteiger partial charge in [0.25, 0.3) is 0 Å². The van der Waals surface area contributed by atoms with Gasteiger partial charge in [-0.2, -0.15) is 0 Å². The van der Waals surface area contributed by atoms with Crippen LogP contribution in [-0.2, 0) is 16.6 Å². The minimum absolute atomic E-state index is 0.0194. The number of benzene rings is 2. The van der Waals surface area contributed by atoms with E-state index in [-0.39, 0.29) is 4.90 Å². The maximum absolute atomic E-state index is 12.2. The standard InChI is InChI=1S/C21H29N7O2S/c1-2-28-12-10-17(11-13-28)23-14-15-6-8-16(9-7-15)18-4-3-5-19(31(22,29)30)20(18)21-24-26-27-25-21/h3-9,17,23,26-27H,2,10-14H2,1H3,(H,24,25)(H2,22,29,30). The van der Waals surface area contributed by atoms with Gasteiger partial charge in [-0.3, -0.25) is 5.43 Å². The van der Waals surface area contributed by atoms with Crippen LogP contribution in [-0.4, -0.2) is 44.8 Å². The minimum Gasteiger partial charge on any atom is -0.310 e. The summed E-state index contributed by atoms with van der Waals surface area (Å²) >= 11 is 0. The molecule has 6 N–H and O–H groups in total. The van der Waals surface area contributed by atoms with Gasteiger partial charge in [0.2, 0.25) is 10.0 Å². The molecule has 0 atom stereocenters. The molecule has 9 nitrogen and oxygen atoms in total. The SMILES string of the molecule is CCN1CCC(NCc2ccc(-c3cccc(S(N)(=O)=O)c3C3=NNNN3)cc2)CC1. The molecule has 2 aliphatic rings. The van der Waals surface area contributed by atoms with Gasteiger partial charge in [-0.15, -0.1) is 10.6 Å². The molecule has 0 saturated carbocycles. The predicted molar refractivity (Wildman–Crippen MR) is 121 cm³/mol. The Morgan fingerprint density at radius 1 is 1.16 bits per heavy atom. The van der Waals surface area contributed by atoms with E-state index in [0.717, 1.165) is 37.3 Å². The summed E-state index contributed by atoms with van der Waals surface area (Å²) in [5.41, 5.74) is 11.3. The number of amidine groups is 1. The highest BCUT2D eigenvalue weighted by Crippen LogP contribution is 2.29. The van der Waals surface area contributed by atoms with E-state index in [2.05, 4.69) is 50.9 Å². The lowest BCUT2D eigenvalue weighted by Crippen LogP contribution is -2.42. The third-order valence-electron chi connectivity index (χ3n) is 5.87. The molecule has 0 bridgehead atoms. The minimum atomic E-state index is -3.93. The fraction of sp³-hybridized carbons (Fsp3) is 0.381. The van der Waals surface area contributed by atoms with Gasteiger partial charge in [-0.05, 0) is 55.2 Å². The zero-order valence-electron chi connectivity index (χ0n) is 17.6. The first-order valence-corrected chi connectivity index (χ1v) is 12.1. The summed E-state index contributed by atoms with van der Waals surface area (Å²) in [5, 5.41) is 13.2. The summed E-state index contributed by atoms with van der Waals surface area (Å²) < 4.78 is 24.3. The van der Waals surface area contributed by atoms with E-state index in [1.54, 1.807) is 6.07 Å². The van der Waals surface area contributed by atoms with E-state index in [9.17, 15) is 8.42 Å². The van der Waals surface area contributed by atoms with Crippen LogP contribution in [0.25, 0.3) is 11.1 Å². The van der Waals surface area contributed by atoms with Crippen LogP contribution < -0.4 is 27.0 Å². The molecule has 0 radical (unpaired) electrons. The molecule has 166 valence electrons. The average molecular weight is 444 g/mol. The van der Waals surface area contributed by atoms with E-state index >= 15 is 0 Å². The van der Waals surface area contributed by atoms with E-state index in [4.69, 9.17) is 5.14 Å². The number of nitrogens with two attached hydrogens (primary N) is 1. The first-order chi connectivity index (χ1) is 15.0. The molecule has 2 heterocycles. The van der Waals surface area contributed by atoms with Gasteiger partial charge >= 0.3 is 0 Å². The van der Waals surface area contributed by atoms with Crippen LogP contribution in [0.1, 0.15) is 30.9 Å². The molecule has 31 heavy (non-hydrogen) atoms. The smallest absolute Gasteiger partial charge is 0.238 e. The molecule has 10 heteroatoms. The Hall–Kier alpha value is -2.50. The Bertz CT molecular complexity index is 1050. The number of piperidine rings is 1. The first-order valence-electron chi connectivity index (χ1n) is 10.5. The number of hydrogen-bond donors (Lipinski definition) is 5. The Kier molecular flexibility index (Phi) is 6.54. The number of hydrogen-bond acceptors (Lipinski definition) is 8. The van der Waals surface area contributed by atoms with Crippen molar-refractivity contribution in [1.29, 1.82) is 0 Å². The largest absolute Gasteiger partial charge is 0.310 e. The lowest BCUT2D eigenvalue weighted by Gasteiger charge is -2.31. The van der Waals surface area contributed by atoms with Crippen LogP contribution in [0.5, 0.6) is 0 Å². The van der Waals surface area contributed by atoms with Crippen molar-refractivity contribution in [3.05, 3.63) is 53.6 Å². The van der Waals surface area contributed by atoms with Gasteiger partial charge < -0.3 is 10.2 Å². The van der Waals surface area contributed by atoms with Crippen LogP contribution in [0.15, 0.2) is 52.5 Å². The van der Waals surface area contributed by atoms with Gasteiger partial charge in [0, 0.05) is 18.2 Å². The Balaban J connectivity index is 1.53. The van der Waals surface area contributed by atoms with Gasteiger partial charge in [0.1, 0.15) is 0 Å². The number of nitrogens with zero attached hydrogens (tertiary/aromatic N) is 2. The third-order valence-corrected chi connectivity index (χ3v) is 6.82. The van der Waals surface area contributed by atoms with Crippen LogP contribution in [0.2, 0.25) is 0 Å². The fourth-order valence-electron chi connectivity index (χ4n) is 4.09. The van der Waals surface area contributed by atoms with Crippen molar-refractivity contribution in [2.24, 2.45) is 10.2 Å². The maximum Gasteiger partial charge on any atom is 0.238 e. The molecule has 0 aliphatic carbocycles. The number of nitrogens with one attached hydrogen (secondary N) is 4. The monoisotopic (exact) mass is 443 g/mol. The zero-order valence-corrected chi connectivity index (χ0v) is 18.4. The second-order valence-electron chi connectivity index (χ2n) is 7.83. The Labute approximate surface area is 183 Å². The van der Waals surface area contributed by atoms with Crippen molar-refractivity contribution >= 4 is 15.9 Å². The second kappa shape index (κ2) is 9.33. The number of hydrazine groups is 2. The summed E-state index contributed by atoms with van der Waals surface area (Å²) in [6.07, 6.45) is 2.35. The lowest BCUT2D eigenvalue weighted by molar-refractivity contribution is 0.206. The number of sulfonamides is 1. The third kappa shape index (κ3) is 5.05. The molecule has 1 saturated heterocycles. The van der Waals surface area contributed by atoms with Crippen molar-refractivity contribution < 1.29 is 8.42 Å². The molecule has 2 aliphatic heterocycles. The predicted octanol–water partition coefficient (Wildman–Crippen LogP) is 0.849. The van der Waals surface area contributed by atoms with Gasteiger partial charge in [-0.1, -0.05) is 43.3 Å². The molecule has 0 amide bonds. The molecule has 4 rings (SSSR count). The number of rotatable bonds is 7. The van der Waals surface area contributed by atoms with E-state index in [1.807, 2.05) is 18.2 Å². The van der Waals surface area contributed by atoms with Gasteiger partial charge in [-0.25, -0.2) is 19.1 Å². The summed E-state index contributed by atoms with van der Waals surface area (Å²) in [6, 6.07) is 13.7. The van der Waals surface area contributed by atoms with Crippen molar-refractivity contribution in [1.82, 2.24) is 26.7 Å². The van der Waals surface area contributed by atoms with Crippen LogP contribution in [0, 0.1) is 0 Å². The fourth-order valence-corrected chi connectivity index (χ4v) is 4.85. The number of likely N-dealkylation sites (tertiary alicyclic amines) is 1. The van der Waals surface area contributed by atoms with E-state index in [0.29, 0.717) is 17.4 Å². The highest BCUT2D eigenvalue weighted by atomic mass is 32.2. The summed E-state index contributed by atoms with van der Waals surface area (Å²) in [6.45, 7) is 6.44. The maximum atomic E-state index is 12.2. The average Bonchev–Trinajstić information content (AvgIpc) is 3.32. The molecular weight excluding hydrogens is 414 g/mol. The van der Waals surface area contributed by atoms with Crippen molar-refractivity contribution in [2.75, 3.05) is 19.6 Å². The van der Waals surface area contributed by atoms with Gasteiger partial charge in [0.15, 0.2) is 5.84 Å². The lowest BCUT2D eigenvalue weighted by atomic mass is 9.97. The van der Waals surface area contributed by atoms with E-state index in [1.165, 1.54) is 24.5 Å². The molecular formula is C21H29N7O2S. The van der Waals surface area contributed by atoms with Gasteiger partial charge in [0.05, 0.1) is 4.90 Å².